The second kappa shape index (κ2) is 39.2. The Bertz CT molecular complexity index is 1050. The van der Waals surface area contributed by atoms with E-state index in [-0.39, 0.29) is 13.0 Å². The van der Waals surface area contributed by atoms with E-state index in [0.717, 1.165) is 70.6 Å². The number of hydrogen-bond acceptors (Lipinski definition) is 8. The standard InChI is InChI=1S/C43H78NO9P/c1-3-5-7-9-11-13-15-16-17-18-19-20-21-22-23-24-25-26-28-30-32-34-36-50-37-40(38-51-54(48,49)52-39-41(44)43(46)47)53-42(45)35-33-31-29-27-14-12-10-8-6-4-2/h5,7,11,13,16-17,19-20,40-41H,3-4,6,8-10,12,14-15,18,21-39,44H2,1-2H3,(H,46,47)(H,48,49)/b7-5-,13-11-,17-16-,20-19-. The molecule has 10 nitrogen and oxygen atoms in total. The van der Waals surface area contributed by atoms with Gasteiger partial charge in [-0.25, -0.2) is 4.57 Å². The Morgan fingerprint density at radius 2 is 1.07 bits per heavy atom. The molecule has 0 aliphatic rings. The third kappa shape index (κ3) is 38.2. The topological polar surface area (TPSA) is 155 Å². The Balaban J connectivity index is 4.16. The highest BCUT2D eigenvalue weighted by molar-refractivity contribution is 7.47. The van der Waals surface area contributed by atoms with Gasteiger partial charge in [0.25, 0.3) is 0 Å². The van der Waals surface area contributed by atoms with Crippen LogP contribution >= 0.6 is 7.82 Å². The van der Waals surface area contributed by atoms with E-state index in [1.54, 1.807) is 0 Å². The third-order valence-corrected chi connectivity index (χ3v) is 9.82. The molecule has 0 amide bonds. The van der Waals surface area contributed by atoms with Gasteiger partial charge in [0, 0.05) is 13.0 Å². The molecule has 11 heteroatoms. The Hall–Kier alpha value is -2.07. The average Bonchev–Trinajstić information content (AvgIpc) is 3.15. The van der Waals surface area contributed by atoms with Crippen LogP contribution in [0.3, 0.4) is 0 Å². The number of rotatable bonds is 40. The van der Waals surface area contributed by atoms with Gasteiger partial charge in [0.05, 0.1) is 19.8 Å². The number of nitrogens with two attached hydrogens (primary N) is 1. The van der Waals surface area contributed by atoms with Crippen LogP contribution in [0.2, 0.25) is 0 Å². The molecule has 0 fully saturated rings. The molecule has 0 heterocycles. The lowest BCUT2D eigenvalue weighted by Crippen LogP contribution is -2.34. The van der Waals surface area contributed by atoms with Crippen molar-refractivity contribution >= 4 is 19.8 Å². The van der Waals surface area contributed by atoms with Gasteiger partial charge in [-0.1, -0.05) is 165 Å². The van der Waals surface area contributed by atoms with Gasteiger partial charge in [-0.05, 0) is 51.4 Å². The van der Waals surface area contributed by atoms with Gasteiger partial charge in [0.2, 0.25) is 0 Å². The lowest BCUT2D eigenvalue weighted by atomic mass is 10.1. The average molecular weight is 784 g/mol. The number of carbonyl (C=O) groups excluding carboxylic acids is 1. The number of carbonyl (C=O) groups is 2. The molecule has 0 radical (unpaired) electrons. The summed E-state index contributed by atoms with van der Waals surface area (Å²) in [5.74, 6) is -1.78. The zero-order valence-electron chi connectivity index (χ0n) is 34.1. The first-order valence-electron chi connectivity index (χ1n) is 21.2. The normalized spacial score (nSPS) is 14.4. The van der Waals surface area contributed by atoms with Crippen LogP contribution in [0.4, 0.5) is 0 Å². The largest absolute Gasteiger partial charge is 0.480 e. The number of carboxylic acid groups (broad SMARTS) is 1. The van der Waals surface area contributed by atoms with Crippen LogP contribution < -0.4 is 5.73 Å². The number of hydrogen-bond donors (Lipinski definition) is 3. The predicted octanol–water partition coefficient (Wildman–Crippen LogP) is 11.5. The van der Waals surface area contributed by atoms with E-state index in [9.17, 15) is 19.0 Å². The maximum Gasteiger partial charge on any atom is 0.472 e. The fraction of sp³-hybridized carbons (Fsp3) is 0.767. The summed E-state index contributed by atoms with van der Waals surface area (Å²) in [5.41, 5.74) is 5.34. The highest BCUT2D eigenvalue weighted by atomic mass is 31.2. The van der Waals surface area contributed by atoms with Gasteiger partial charge in [0.1, 0.15) is 12.1 Å². The Kier molecular flexibility index (Phi) is 37.7. The number of phosphoric ester groups is 1. The molecule has 0 aliphatic heterocycles. The van der Waals surface area contributed by atoms with Gasteiger partial charge < -0.3 is 25.2 Å². The van der Waals surface area contributed by atoms with Crippen molar-refractivity contribution in [1.82, 2.24) is 0 Å². The lowest BCUT2D eigenvalue weighted by molar-refractivity contribution is -0.154. The van der Waals surface area contributed by atoms with Crippen molar-refractivity contribution in [3.63, 3.8) is 0 Å². The second-order valence-electron chi connectivity index (χ2n) is 14.1. The summed E-state index contributed by atoms with van der Waals surface area (Å²) in [4.78, 5) is 33.4. The molecule has 0 aliphatic carbocycles. The third-order valence-electron chi connectivity index (χ3n) is 8.87. The van der Waals surface area contributed by atoms with Crippen molar-refractivity contribution in [2.75, 3.05) is 26.4 Å². The van der Waals surface area contributed by atoms with Crippen molar-refractivity contribution in [1.29, 1.82) is 0 Å². The Labute approximate surface area is 329 Å². The van der Waals surface area contributed by atoms with Crippen LogP contribution in [0.15, 0.2) is 48.6 Å². The molecule has 0 saturated heterocycles. The Morgan fingerprint density at radius 3 is 1.61 bits per heavy atom. The fourth-order valence-electron chi connectivity index (χ4n) is 5.59. The SMILES string of the molecule is CC/C=C\C/C=C\C/C=C\C/C=C\CCCCCCCCCCCOCC(COP(=O)(O)OCC(N)C(=O)O)OC(=O)CCCCCCCCCCCC. The highest BCUT2D eigenvalue weighted by Gasteiger charge is 2.27. The zero-order chi connectivity index (χ0) is 39.8. The number of ether oxygens (including phenoxy) is 2. The first-order chi connectivity index (χ1) is 26.2. The van der Waals surface area contributed by atoms with Gasteiger partial charge in [-0.15, -0.1) is 0 Å². The van der Waals surface area contributed by atoms with Crippen molar-refractivity contribution in [2.24, 2.45) is 5.73 Å². The van der Waals surface area contributed by atoms with Crippen molar-refractivity contribution in [3.05, 3.63) is 48.6 Å². The van der Waals surface area contributed by atoms with Crippen LogP contribution in [0.25, 0.3) is 0 Å². The minimum absolute atomic E-state index is 0.0132. The van der Waals surface area contributed by atoms with E-state index in [1.165, 1.54) is 77.0 Å². The molecule has 54 heavy (non-hydrogen) atoms. The van der Waals surface area contributed by atoms with Crippen LogP contribution in [0.5, 0.6) is 0 Å². The van der Waals surface area contributed by atoms with E-state index in [4.69, 9.17) is 29.4 Å². The minimum atomic E-state index is -4.61. The molecule has 0 aromatic carbocycles. The summed E-state index contributed by atoms with van der Waals surface area (Å²) in [5, 5.41) is 8.88. The minimum Gasteiger partial charge on any atom is -0.480 e. The predicted molar refractivity (Wildman–Crippen MR) is 221 cm³/mol. The molecular formula is C43H78NO9P. The van der Waals surface area contributed by atoms with E-state index in [1.807, 2.05) is 0 Å². The summed E-state index contributed by atoms with van der Waals surface area (Å²) >= 11 is 0. The van der Waals surface area contributed by atoms with E-state index in [2.05, 4.69) is 62.5 Å². The first-order valence-corrected chi connectivity index (χ1v) is 22.7. The van der Waals surface area contributed by atoms with Gasteiger partial charge in [0.15, 0.2) is 0 Å². The molecule has 314 valence electrons. The fourth-order valence-corrected chi connectivity index (χ4v) is 6.37. The summed E-state index contributed by atoms with van der Waals surface area (Å²) in [6.07, 6.45) is 44.5. The molecule has 0 rings (SSSR count). The summed E-state index contributed by atoms with van der Waals surface area (Å²) in [6.45, 7) is 3.73. The Morgan fingerprint density at radius 1 is 0.611 bits per heavy atom. The van der Waals surface area contributed by atoms with Crippen molar-refractivity contribution in [3.8, 4) is 0 Å². The number of carboxylic acids is 1. The molecule has 0 spiro atoms. The van der Waals surface area contributed by atoms with E-state index < -0.39 is 45.1 Å². The van der Waals surface area contributed by atoms with E-state index >= 15 is 0 Å². The number of aliphatic carboxylic acids is 1. The van der Waals surface area contributed by atoms with Crippen molar-refractivity contribution in [2.45, 2.75) is 187 Å². The summed E-state index contributed by atoms with van der Waals surface area (Å²) < 4.78 is 33.3. The molecule has 3 unspecified atom stereocenters. The molecule has 3 atom stereocenters. The summed E-state index contributed by atoms with van der Waals surface area (Å²) in [7, 11) is -4.61. The second-order valence-corrected chi connectivity index (χ2v) is 15.5. The van der Waals surface area contributed by atoms with Gasteiger partial charge in [-0.3, -0.25) is 18.6 Å². The number of unbranched alkanes of at least 4 members (excludes halogenated alkanes) is 18. The molecule has 0 saturated carbocycles. The molecule has 0 bridgehead atoms. The summed E-state index contributed by atoms with van der Waals surface area (Å²) in [6, 6.07) is -1.47. The van der Waals surface area contributed by atoms with Gasteiger partial charge >= 0.3 is 19.8 Å². The number of esters is 1. The van der Waals surface area contributed by atoms with E-state index in [0.29, 0.717) is 13.0 Å². The number of phosphoric acid groups is 1. The maximum atomic E-state index is 12.6. The number of allylic oxidation sites excluding steroid dienone is 8. The van der Waals surface area contributed by atoms with Crippen LogP contribution in [0, 0.1) is 0 Å². The van der Waals surface area contributed by atoms with Crippen LogP contribution in [-0.4, -0.2) is 60.5 Å². The smallest absolute Gasteiger partial charge is 0.472 e. The molecule has 4 N–H and O–H groups in total. The highest BCUT2D eigenvalue weighted by Crippen LogP contribution is 2.43. The van der Waals surface area contributed by atoms with Crippen LogP contribution in [-0.2, 0) is 32.7 Å². The molecule has 0 aromatic rings. The molecule has 0 aromatic heterocycles. The first kappa shape index (κ1) is 51.9. The lowest BCUT2D eigenvalue weighted by Gasteiger charge is -2.20. The van der Waals surface area contributed by atoms with Gasteiger partial charge in [-0.2, -0.15) is 0 Å². The maximum absolute atomic E-state index is 12.6. The van der Waals surface area contributed by atoms with Crippen molar-refractivity contribution < 1.29 is 42.7 Å². The quantitative estimate of drug-likeness (QED) is 0.0237. The van der Waals surface area contributed by atoms with Crippen LogP contribution in [0.1, 0.15) is 174 Å². The zero-order valence-corrected chi connectivity index (χ0v) is 35.0. The molecular weight excluding hydrogens is 705 g/mol. The monoisotopic (exact) mass is 784 g/mol.